The third-order valence-corrected chi connectivity index (χ3v) is 5.67. The van der Waals surface area contributed by atoms with Crippen molar-refractivity contribution < 1.29 is 37.4 Å². The highest BCUT2D eigenvalue weighted by Gasteiger charge is 2.43. The van der Waals surface area contributed by atoms with Gasteiger partial charge in [-0.05, 0) is 52.7 Å². The van der Waals surface area contributed by atoms with E-state index in [-0.39, 0.29) is 18.0 Å². The van der Waals surface area contributed by atoms with Gasteiger partial charge in [-0.15, -0.1) is 0 Å². The topological polar surface area (TPSA) is 99.2 Å². The molecule has 3 amide bonds. The van der Waals surface area contributed by atoms with Crippen LogP contribution >= 0.6 is 0 Å². The Morgan fingerprint density at radius 1 is 1.31 bits per heavy atom. The van der Waals surface area contributed by atoms with E-state index in [2.05, 4.69) is 5.32 Å². The molecular formula is C21H26F3N3O5. The number of ether oxygens (including phenoxy) is 1. The van der Waals surface area contributed by atoms with E-state index in [0.717, 1.165) is 17.0 Å². The van der Waals surface area contributed by atoms with Crippen LogP contribution in [0.15, 0.2) is 12.1 Å². The minimum atomic E-state index is -4.85. The Morgan fingerprint density at radius 3 is 2.53 bits per heavy atom. The largest absolute Gasteiger partial charge is 0.476 e. The zero-order valence-corrected chi connectivity index (χ0v) is 18.2. The van der Waals surface area contributed by atoms with E-state index in [1.165, 1.54) is 18.7 Å². The van der Waals surface area contributed by atoms with Crippen molar-refractivity contribution in [3.63, 3.8) is 0 Å². The zero-order valence-electron chi connectivity index (χ0n) is 18.2. The SMILES string of the molecule is CC(C)N(C(=O)c1cc2c(cc1C(F)(F)F)OC(C)(C)C(=O)N2)[C@@H]1CCCN(C(=O)O)C1. The van der Waals surface area contributed by atoms with Crippen molar-refractivity contribution in [1.82, 2.24) is 9.80 Å². The van der Waals surface area contributed by atoms with Gasteiger partial charge in [-0.2, -0.15) is 13.2 Å². The normalized spacial score (nSPS) is 20.3. The van der Waals surface area contributed by atoms with Crippen molar-refractivity contribution in [3.05, 3.63) is 23.3 Å². The van der Waals surface area contributed by atoms with E-state index in [9.17, 15) is 32.7 Å². The maximum absolute atomic E-state index is 13.9. The van der Waals surface area contributed by atoms with Gasteiger partial charge < -0.3 is 25.0 Å². The van der Waals surface area contributed by atoms with E-state index in [1.54, 1.807) is 13.8 Å². The minimum Gasteiger partial charge on any atom is -0.476 e. The molecule has 3 rings (SSSR count). The predicted molar refractivity (Wildman–Crippen MR) is 109 cm³/mol. The van der Waals surface area contributed by atoms with Crippen LogP contribution < -0.4 is 10.1 Å². The number of benzene rings is 1. The number of carboxylic acid groups (broad SMARTS) is 1. The average Bonchev–Trinajstić information content (AvgIpc) is 2.67. The number of nitrogens with zero attached hydrogens (tertiary/aromatic N) is 2. The summed E-state index contributed by atoms with van der Waals surface area (Å²) in [6.45, 7) is 6.50. The third kappa shape index (κ3) is 4.46. The molecule has 0 spiro atoms. The van der Waals surface area contributed by atoms with Crippen LogP contribution in [0.4, 0.5) is 23.7 Å². The lowest BCUT2D eigenvalue weighted by molar-refractivity contribution is -0.138. The molecule has 8 nitrogen and oxygen atoms in total. The number of amides is 3. The summed E-state index contributed by atoms with van der Waals surface area (Å²) >= 11 is 0. The zero-order chi connectivity index (χ0) is 24.0. The molecule has 2 heterocycles. The van der Waals surface area contributed by atoms with Crippen molar-refractivity contribution in [2.45, 2.75) is 64.4 Å². The number of fused-ring (bicyclic) bond motifs is 1. The van der Waals surface area contributed by atoms with Crippen LogP contribution in [0.25, 0.3) is 0 Å². The fourth-order valence-electron chi connectivity index (χ4n) is 4.08. The monoisotopic (exact) mass is 457 g/mol. The quantitative estimate of drug-likeness (QED) is 0.719. The first-order valence-electron chi connectivity index (χ1n) is 10.3. The molecule has 2 aliphatic rings. The fraction of sp³-hybridized carbons (Fsp3) is 0.571. The number of carbonyl (C=O) groups excluding carboxylic acids is 2. The molecule has 1 atom stereocenters. The molecule has 11 heteroatoms. The molecule has 1 fully saturated rings. The maximum atomic E-state index is 13.9. The van der Waals surface area contributed by atoms with Gasteiger partial charge in [0.05, 0.1) is 22.9 Å². The second-order valence-electron chi connectivity index (χ2n) is 8.79. The molecular weight excluding hydrogens is 431 g/mol. The van der Waals surface area contributed by atoms with Gasteiger partial charge in [0.1, 0.15) is 5.75 Å². The lowest BCUT2D eigenvalue weighted by Crippen LogP contribution is -2.54. The van der Waals surface area contributed by atoms with Crippen LogP contribution in [0.2, 0.25) is 0 Å². The number of carbonyl (C=O) groups is 3. The average molecular weight is 457 g/mol. The number of hydrogen-bond acceptors (Lipinski definition) is 4. The van der Waals surface area contributed by atoms with Crippen LogP contribution in [-0.4, -0.2) is 63.6 Å². The first-order chi connectivity index (χ1) is 14.7. The standard InChI is InChI=1S/C21H26F3N3O5/c1-11(2)27(12-6-5-7-26(10-12)19(30)31)17(28)13-8-15-16(9-14(13)21(22,23)24)32-20(3,4)18(29)25-15/h8-9,11-12H,5-7,10H2,1-4H3,(H,25,29)(H,30,31)/t12-/m1/s1. The second kappa shape index (κ2) is 8.18. The van der Waals surface area contributed by atoms with E-state index in [4.69, 9.17) is 4.74 Å². The number of anilines is 1. The highest BCUT2D eigenvalue weighted by molar-refractivity contribution is 6.03. The van der Waals surface area contributed by atoms with E-state index in [1.807, 2.05) is 0 Å². The molecule has 176 valence electrons. The lowest BCUT2D eigenvalue weighted by Gasteiger charge is -2.41. The number of piperidine rings is 1. The van der Waals surface area contributed by atoms with Gasteiger partial charge in [-0.25, -0.2) is 4.79 Å². The van der Waals surface area contributed by atoms with Crippen LogP contribution in [0.1, 0.15) is 56.5 Å². The van der Waals surface area contributed by atoms with Gasteiger partial charge in [-0.1, -0.05) is 0 Å². The van der Waals surface area contributed by atoms with Crippen LogP contribution in [-0.2, 0) is 11.0 Å². The molecule has 1 aromatic carbocycles. The summed E-state index contributed by atoms with van der Waals surface area (Å²) in [6, 6.07) is 0.658. The van der Waals surface area contributed by atoms with Crippen molar-refractivity contribution in [2.75, 3.05) is 18.4 Å². The molecule has 2 aliphatic heterocycles. The molecule has 0 aliphatic carbocycles. The first kappa shape index (κ1) is 23.7. The van der Waals surface area contributed by atoms with Gasteiger partial charge in [0, 0.05) is 19.1 Å². The molecule has 0 saturated carbocycles. The minimum absolute atomic E-state index is 0.0135. The van der Waals surface area contributed by atoms with Gasteiger partial charge in [0.15, 0.2) is 5.60 Å². The molecule has 32 heavy (non-hydrogen) atoms. The summed E-state index contributed by atoms with van der Waals surface area (Å²) in [4.78, 5) is 39.5. The first-order valence-corrected chi connectivity index (χ1v) is 10.3. The summed E-state index contributed by atoms with van der Waals surface area (Å²) in [7, 11) is 0. The summed E-state index contributed by atoms with van der Waals surface area (Å²) in [6.07, 6.45) is -5.04. The van der Waals surface area contributed by atoms with Crippen molar-refractivity contribution in [1.29, 1.82) is 0 Å². The summed E-state index contributed by atoms with van der Waals surface area (Å²) in [5, 5.41) is 11.8. The molecule has 0 radical (unpaired) electrons. The number of halogens is 3. The van der Waals surface area contributed by atoms with Crippen molar-refractivity contribution >= 4 is 23.6 Å². The van der Waals surface area contributed by atoms with Crippen LogP contribution in [0.3, 0.4) is 0 Å². The summed E-state index contributed by atoms with van der Waals surface area (Å²) < 4.78 is 47.2. The van der Waals surface area contributed by atoms with Gasteiger partial charge in [-0.3, -0.25) is 9.59 Å². The number of rotatable bonds is 3. The smallest absolute Gasteiger partial charge is 0.417 e. The highest BCUT2D eigenvalue weighted by atomic mass is 19.4. The lowest BCUT2D eigenvalue weighted by atomic mass is 9.97. The predicted octanol–water partition coefficient (Wildman–Crippen LogP) is 3.81. The van der Waals surface area contributed by atoms with Gasteiger partial charge in [0.2, 0.25) is 0 Å². The fourth-order valence-corrected chi connectivity index (χ4v) is 4.08. The molecule has 1 aromatic rings. The Morgan fingerprint density at radius 2 is 1.97 bits per heavy atom. The third-order valence-electron chi connectivity index (χ3n) is 5.67. The molecule has 0 unspecified atom stereocenters. The van der Waals surface area contributed by atoms with Crippen LogP contribution in [0, 0.1) is 0 Å². The Hall–Kier alpha value is -2.98. The van der Waals surface area contributed by atoms with Crippen molar-refractivity contribution in [3.8, 4) is 5.75 Å². The Kier molecular flexibility index (Phi) is 6.05. The Bertz CT molecular complexity index is 945. The number of nitrogens with one attached hydrogen (secondary N) is 1. The highest BCUT2D eigenvalue weighted by Crippen LogP contribution is 2.42. The number of likely N-dealkylation sites (tertiary alicyclic amines) is 1. The number of alkyl halides is 3. The summed E-state index contributed by atoms with van der Waals surface area (Å²) in [5.41, 5.74) is -3.19. The maximum Gasteiger partial charge on any atom is 0.417 e. The molecule has 0 bridgehead atoms. The Balaban J connectivity index is 2.06. The summed E-state index contributed by atoms with van der Waals surface area (Å²) in [5.74, 6) is -1.61. The molecule has 0 aromatic heterocycles. The van der Waals surface area contributed by atoms with Crippen molar-refractivity contribution in [2.24, 2.45) is 0 Å². The second-order valence-corrected chi connectivity index (χ2v) is 8.79. The molecule has 1 saturated heterocycles. The van der Waals surface area contributed by atoms with Gasteiger partial charge in [0.25, 0.3) is 11.8 Å². The van der Waals surface area contributed by atoms with Crippen LogP contribution in [0.5, 0.6) is 5.75 Å². The van der Waals surface area contributed by atoms with E-state index < -0.39 is 52.9 Å². The molecule has 2 N–H and O–H groups in total. The number of hydrogen-bond donors (Lipinski definition) is 2. The van der Waals surface area contributed by atoms with E-state index >= 15 is 0 Å². The van der Waals surface area contributed by atoms with E-state index in [0.29, 0.717) is 19.4 Å². The van der Waals surface area contributed by atoms with Gasteiger partial charge >= 0.3 is 12.3 Å². The Labute approximate surface area is 183 Å².